The van der Waals surface area contributed by atoms with E-state index in [4.69, 9.17) is 16.2 Å². The van der Waals surface area contributed by atoms with E-state index in [0.29, 0.717) is 18.6 Å². The van der Waals surface area contributed by atoms with Crippen molar-refractivity contribution in [1.82, 2.24) is 0 Å². The quantitative estimate of drug-likeness (QED) is 0.457. The van der Waals surface area contributed by atoms with Gasteiger partial charge in [-0.15, -0.1) is 24.0 Å². The average molecular weight is 299 g/mol. The molecule has 1 aliphatic rings. The van der Waals surface area contributed by atoms with Crippen molar-refractivity contribution < 1.29 is 4.74 Å². The lowest BCUT2D eigenvalue weighted by Gasteiger charge is -2.15. The summed E-state index contributed by atoms with van der Waals surface area (Å²) >= 11 is 0. The second-order valence-corrected chi connectivity index (χ2v) is 3.23. The van der Waals surface area contributed by atoms with Gasteiger partial charge in [0.2, 0.25) is 0 Å². The molecular formula is C8H18IN3O. The maximum Gasteiger partial charge on any atom is 0.185 e. The highest BCUT2D eigenvalue weighted by molar-refractivity contribution is 14.0. The number of methoxy groups -OCH3 is 1. The fourth-order valence-electron chi connectivity index (χ4n) is 1.74. The Kier molecular flexibility index (Phi) is 6.40. The summed E-state index contributed by atoms with van der Waals surface area (Å²) in [6, 6.07) is 0. The minimum absolute atomic E-state index is 0. The number of ether oxygens (including phenoxy) is 1. The van der Waals surface area contributed by atoms with Crippen LogP contribution in [0.1, 0.15) is 19.3 Å². The van der Waals surface area contributed by atoms with Gasteiger partial charge in [0.15, 0.2) is 5.96 Å². The van der Waals surface area contributed by atoms with E-state index < -0.39 is 0 Å². The number of hydrogen-bond acceptors (Lipinski definition) is 2. The van der Waals surface area contributed by atoms with Gasteiger partial charge in [-0.3, -0.25) is 4.99 Å². The van der Waals surface area contributed by atoms with Crippen LogP contribution in [-0.4, -0.2) is 25.7 Å². The molecule has 78 valence electrons. The van der Waals surface area contributed by atoms with E-state index in [1.807, 2.05) is 0 Å². The number of guanidine groups is 1. The highest BCUT2D eigenvalue weighted by Gasteiger charge is 2.26. The van der Waals surface area contributed by atoms with Crippen molar-refractivity contribution in [2.75, 3.05) is 13.7 Å². The van der Waals surface area contributed by atoms with Crippen molar-refractivity contribution in [2.45, 2.75) is 25.4 Å². The Morgan fingerprint density at radius 1 is 1.46 bits per heavy atom. The van der Waals surface area contributed by atoms with Gasteiger partial charge in [0, 0.05) is 19.6 Å². The number of rotatable bonds is 3. The smallest absolute Gasteiger partial charge is 0.185 e. The van der Waals surface area contributed by atoms with Gasteiger partial charge in [-0.1, -0.05) is 6.42 Å². The largest absolute Gasteiger partial charge is 0.381 e. The molecule has 1 saturated carbocycles. The summed E-state index contributed by atoms with van der Waals surface area (Å²) in [6.07, 6.45) is 3.90. The number of hydrogen-bond donors (Lipinski definition) is 2. The molecule has 0 bridgehead atoms. The molecular weight excluding hydrogens is 281 g/mol. The molecule has 0 aromatic rings. The van der Waals surface area contributed by atoms with Crippen LogP contribution in [0.15, 0.2) is 4.99 Å². The number of nitrogens with zero attached hydrogens (tertiary/aromatic N) is 1. The summed E-state index contributed by atoms with van der Waals surface area (Å²) in [5, 5.41) is 0. The molecule has 0 heterocycles. The third-order valence-corrected chi connectivity index (χ3v) is 2.40. The topological polar surface area (TPSA) is 73.6 Å². The maximum atomic E-state index is 5.31. The van der Waals surface area contributed by atoms with Gasteiger partial charge in [-0.2, -0.15) is 0 Å². The van der Waals surface area contributed by atoms with Crippen LogP contribution in [0.5, 0.6) is 0 Å². The Hall–Kier alpha value is -0.0400. The molecule has 0 saturated heterocycles. The Balaban J connectivity index is 0.00000144. The highest BCUT2D eigenvalue weighted by Crippen LogP contribution is 2.27. The third kappa shape index (κ3) is 4.12. The van der Waals surface area contributed by atoms with Crippen molar-refractivity contribution in [3.05, 3.63) is 0 Å². The van der Waals surface area contributed by atoms with Crippen molar-refractivity contribution in [3.63, 3.8) is 0 Å². The molecule has 1 rings (SSSR count). The first-order chi connectivity index (χ1) is 5.74. The number of halogens is 1. The minimum atomic E-state index is 0. The van der Waals surface area contributed by atoms with Gasteiger partial charge in [0.25, 0.3) is 0 Å². The normalized spacial score (nSPS) is 26.5. The van der Waals surface area contributed by atoms with Crippen LogP contribution in [0.3, 0.4) is 0 Å². The predicted molar refractivity (Wildman–Crippen MR) is 64.2 cm³/mol. The van der Waals surface area contributed by atoms with Gasteiger partial charge < -0.3 is 16.2 Å². The lowest BCUT2D eigenvalue weighted by Crippen LogP contribution is -2.26. The lowest BCUT2D eigenvalue weighted by molar-refractivity contribution is 0.0743. The molecule has 1 fully saturated rings. The average Bonchev–Trinajstić information content (AvgIpc) is 2.47. The van der Waals surface area contributed by atoms with Crippen LogP contribution in [-0.2, 0) is 4.74 Å². The van der Waals surface area contributed by atoms with E-state index in [1.54, 1.807) is 7.11 Å². The van der Waals surface area contributed by atoms with E-state index >= 15 is 0 Å². The second kappa shape index (κ2) is 6.42. The molecule has 0 amide bonds. The van der Waals surface area contributed by atoms with Crippen molar-refractivity contribution in [2.24, 2.45) is 22.4 Å². The van der Waals surface area contributed by atoms with Crippen molar-refractivity contribution in [3.8, 4) is 0 Å². The summed E-state index contributed by atoms with van der Waals surface area (Å²) in [5.41, 5.74) is 10.5. The van der Waals surface area contributed by atoms with Crippen molar-refractivity contribution in [1.29, 1.82) is 0 Å². The molecule has 0 spiro atoms. The molecule has 5 heteroatoms. The standard InChI is InChI=1S/C8H17N3O.HI/c1-12-7-4-2-3-6(7)5-11-8(9)10;/h6-7H,2-5H2,1H3,(H4,9,10,11);1H. The summed E-state index contributed by atoms with van der Waals surface area (Å²) < 4.78 is 5.31. The monoisotopic (exact) mass is 299 g/mol. The predicted octanol–water partition coefficient (Wildman–Crippen LogP) is 0.693. The van der Waals surface area contributed by atoms with Crippen LogP contribution in [0.25, 0.3) is 0 Å². The molecule has 0 aliphatic heterocycles. The number of nitrogens with two attached hydrogens (primary N) is 2. The van der Waals surface area contributed by atoms with E-state index in [1.165, 1.54) is 12.8 Å². The molecule has 0 aromatic carbocycles. The Bertz CT molecular complexity index is 171. The molecule has 0 radical (unpaired) electrons. The van der Waals surface area contributed by atoms with Gasteiger partial charge in [0.1, 0.15) is 0 Å². The fourth-order valence-corrected chi connectivity index (χ4v) is 1.74. The van der Waals surface area contributed by atoms with Gasteiger partial charge in [-0.05, 0) is 12.8 Å². The summed E-state index contributed by atoms with van der Waals surface area (Å²) in [4.78, 5) is 4.00. The molecule has 4 N–H and O–H groups in total. The molecule has 1 aliphatic carbocycles. The Morgan fingerprint density at radius 2 is 2.15 bits per heavy atom. The Morgan fingerprint density at radius 3 is 2.69 bits per heavy atom. The van der Waals surface area contributed by atoms with Crippen LogP contribution in [0, 0.1) is 5.92 Å². The first kappa shape index (κ1) is 13.0. The third-order valence-electron chi connectivity index (χ3n) is 2.40. The van der Waals surface area contributed by atoms with E-state index in [9.17, 15) is 0 Å². The molecule has 0 aromatic heterocycles. The van der Waals surface area contributed by atoms with Gasteiger partial charge >= 0.3 is 0 Å². The van der Waals surface area contributed by atoms with Crippen molar-refractivity contribution >= 4 is 29.9 Å². The SMILES string of the molecule is COC1CCCC1CN=C(N)N.I. The number of aliphatic imine (C=N–C) groups is 1. The van der Waals surface area contributed by atoms with E-state index in [0.717, 1.165) is 6.42 Å². The molecule has 2 atom stereocenters. The van der Waals surface area contributed by atoms with E-state index in [2.05, 4.69) is 4.99 Å². The van der Waals surface area contributed by atoms with Gasteiger partial charge in [-0.25, -0.2) is 0 Å². The summed E-state index contributed by atoms with van der Waals surface area (Å²) in [5.74, 6) is 0.689. The lowest BCUT2D eigenvalue weighted by atomic mass is 10.1. The van der Waals surface area contributed by atoms with Crippen LogP contribution < -0.4 is 11.5 Å². The van der Waals surface area contributed by atoms with Crippen LogP contribution in [0.4, 0.5) is 0 Å². The summed E-state index contributed by atoms with van der Waals surface area (Å²) in [6.45, 7) is 0.709. The first-order valence-electron chi connectivity index (χ1n) is 4.32. The second-order valence-electron chi connectivity index (χ2n) is 3.23. The van der Waals surface area contributed by atoms with Crippen LogP contribution >= 0.6 is 24.0 Å². The molecule has 2 unspecified atom stereocenters. The Labute approximate surface area is 96.1 Å². The fraction of sp³-hybridized carbons (Fsp3) is 0.875. The van der Waals surface area contributed by atoms with E-state index in [-0.39, 0.29) is 29.9 Å². The highest BCUT2D eigenvalue weighted by atomic mass is 127. The zero-order chi connectivity index (χ0) is 8.97. The maximum absolute atomic E-state index is 5.31. The first-order valence-corrected chi connectivity index (χ1v) is 4.32. The molecule has 13 heavy (non-hydrogen) atoms. The van der Waals surface area contributed by atoms with Gasteiger partial charge in [0.05, 0.1) is 6.10 Å². The minimum Gasteiger partial charge on any atom is -0.381 e. The van der Waals surface area contributed by atoms with Crippen LogP contribution in [0.2, 0.25) is 0 Å². The zero-order valence-corrected chi connectivity index (χ0v) is 10.2. The molecule has 4 nitrogen and oxygen atoms in total. The summed E-state index contributed by atoms with van der Waals surface area (Å²) in [7, 11) is 1.75. The zero-order valence-electron chi connectivity index (χ0n) is 7.90.